The molecule has 34 heavy (non-hydrogen) atoms. The van der Waals surface area contributed by atoms with Crippen molar-refractivity contribution in [2.75, 3.05) is 6.61 Å². The van der Waals surface area contributed by atoms with Gasteiger partial charge in [0, 0.05) is 23.4 Å². The van der Waals surface area contributed by atoms with Crippen LogP contribution in [0.5, 0.6) is 0 Å². The molecule has 1 aromatic carbocycles. The molecule has 4 bridgehead atoms. The zero-order valence-electron chi connectivity index (χ0n) is 20.7. The second-order valence-electron chi connectivity index (χ2n) is 11.9. The summed E-state index contributed by atoms with van der Waals surface area (Å²) in [5.74, 6) is 1.48. The maximum absolute atomic E-state index is 13.4. The van der Waals surface area contributed by atoms with Crippen molar-refractivity contribution >= 4 is 39.0 Å². The SMILES string of the molecule is Cc1c(CCOC(=O)[C@@]23C[C@H]4C[C@@](C)(C2)C[C@@](C)(C3)[C@H]4C)sc[n+]1CC(=O)c1ccc(Br)cc1. The highest BCUT2D eigenvalue weighted by Crippen LogP contribution is 2.71. The summed E-state index contributed by atoms with van der Waals surface area (Å²) in [7, 11) is 0. The Labute approximate surface area is 215 Å². The number of ketones is 1. The maximum atomic E-state index is 13.4. The third-order valence-corrected chi connectivity index (χ3v) is 10.9. The fourth-order valence-corrected chi connectivity index (χ4v) is 9.08. The van der Waals surface area contributed by atoms with Crippen LogP contribution in [-0.2, 0) is 22.5 Å². The van der Waals surface area contributed by atoms with Gasteiger partial charge in [-0.1, -0.05) is 60.2 Å². The number of carbonyl (C=O) groups excluding carboxylic acids is 2. The van der Waals surface area contributed by atoms with Crippen LogP contribution in [0.25, 0.3) is 0 Å². The second kappa shape index (κ2) is 8.55. The van der Waals surface area contributed by atoms with Crippen LogP contribution < -0.4 is 4.57 Å². The molecule has 0 amide bonds. The van der Waals surface area contributed by atoms with Gasteiger partial charge in [-0.15, -0.1) is 0 Å². The number of carbonyl (C=O) groups is 2. The predicted molar refractivity (Wildman–Crippen MR) is 137 cm³/mol. The smallest absolute Gasteiger partial charge is 0.312 e. The van der Waals surface area contributed by atoms with Crippen molar-refractivity contribution in [2.45, 2.75) is 72.8 Å². The van der Waals surface area contributed by atoms with E-state index in [1.807, 2.05) is 41.3 Å². The summed E-state index contributed by atoms with van der Waals surface area (Å²) in [6.07, 6.45) is 6.21. The number of halogens is 1. The van der Waals surface area contributed by atoms with E-state index in [-0.39, 0.29) is 22.6 Å². The highest BCUT2D eigenvalue weighted by atomic mass is 79.9. The van der Waals surface area contributed by atoms with Gasteiger partial charge in [0.1, 0.15) is 0 Å². The Morgan fingerprint density at radius 1 is 1.15 bits per heavy atom. The van der Waals surface area contributed by atoms with Crippen LogP contribution in [0.3, 0.4) is 0 Å². The molecule has 4 saturated carbocycles. The number of nitrogens with zero attached hydrogens (tertiary/aromatic N) is 1. The van der Waals surface area contributed by atoms with E-state index in [2.05, 4.69) is 36.7 Å². The number of esters is 1. The predicted octanol–water partition coefficient (Wildman–Crippen LogP) is 6.32. The minimum absolute atomic E-state index is 0.0359. The van der Waals surface area contributed by atoms with E-state index in [4.69, 9.17) is 4.74 Å². The first-order valence-electron chi connectivity index (χ1n) is 12.5. The molecule has 0 aliphatic heterocycles. The quantitative estimate of drug-likeness (QED) is 0.233. The van der Waals surface area contributed by atoms with Crippen molar-refractivity contribution in [3.05, 3.63) is 50.4 Å². The average Bonchev–Trinajstić information content (AvgIpc) is 3.10. The molecule has 6 rings (SSSR count). The van der Waals surface area contributed by atoms with Gasteiger partial charge in [-0.2, -0.15) is 4.57 Å². The second-order valence-corrected chi connectivity index (χ2v) is 13.8. The van der Waals surface area contributed by atoms with Gasteiger partial charge >= 0.3 is 5.97 Å². The highest BCUT2D eigenvalue weighted by molar-refractivity contribution is 9.10. The van der Waals surface area contributed by atoms with Crippen LogP contribution in [0, 0.1) is 35.0 Å². The fourth-order valence-electron chi connectivity index (χ4n) is 7.84. The van der Waals surface area contributed by atoms with E-state index in [0.717, 1.165) is 29.4 Å². The van der Waals surface area contributed by atoms with Gasteiger partial charge < -0.3 is 4.74 Å². The highest BCUT2D eigenvalue weighted by Gasteiger charge is 2.65. The first-order chi connectivity index (χ1) is 16.0. The molecule has 4 fully saturated rings. The van der Waals surface area contributed by atoms with E-state index >= 15 is 0 Å². The number of thiazole rings is 1. The van der Waals surface area contributed by atoms with Gasteiger partial charge in [0.05, 0.1) is 16.9 Å². The van der Waals surface area contributed by atoms with Gasteiger partial charge in [0.15, 0.2) is 5.69 Å². The average molecular weight is 546 g/mol. The van der Waals surface area contributed by atoms with Crippen molar-refractivity contribution in [3.63, 3.8) is 0 Å². The van der Waals surface area contributed by atoms with E-state index < -0.39 is 0 Å². The lowest BCUT2D eigenvalue weighted by molar-refractivity contribution is -0.684. The molecule has 6 heteroatoms. The molecule has 4 aliphatic rings. The third kappa shape index (κ3) is 4.19. The minimum atomic E-state index is -0.279. The lowest BCUT2D eigenvalue weighted by atomic mass is 9.37. The van der Waals surface area contributed by atoms with Crippen LogP contribution in [0.2, 0.25) is 0 Å². The summed E-state index contributed by atoms with van der Waals surface area (Å²) in [5, 5.41) is 0. The molecule has 2 aromatic rings. The van der Waals surface area contributed by atoms with Crippen molar-refractivity contribution in [1.82, 2.24) is 0 Å². The lowest BCUT2D eigenvalue weighted by Gasteiger charge is -2.67. The summed E-state index contributed by atoms with van der Waals surface area (Å²) in [6, 6.07) is 7.48. The van der Waals surface area contributed by atoms with Crippen molar-refractivity contribution in [2.24, 2.45) is 28.1 Å². The molecule has 0 saturated heterocycles. The van der Waals surface area contributed by atoms with Crippen LogP contribution >= 0.6 is 27.3 Å². The maximum Gasteiger partial charge on any atom is 0.312 e. The Bertz CT molecular complexity index is 1130. The van der Waals surface area contributed by atoms with Crippen molar-refractivity contribution < 1.29 is 18.9 Å². The van der Waals surface area contributed by atoms with E-state index in [1.54, 1.807) is 11.3 Å². The van der Waals surface area contributed by atoms with Crippen LogP contribution in [-0.4, -0.2) is 18.4 Å². The standard InChI is InChI=1S/C28H35BrNO3S/c1-18-21-11-26(3)14-27(18,4)16-28(12-21,15-26)25(32)33-10-9-24-19(2)30(17-34-24)13-23(31)20-5-7-22(29)8-6-20/h5-8,17-18,21H,9-16H2,1-4H3/q+1/t18-,21+,26+,27-,28-/m0/s1. The molecule has 0 spiro atoms. The first-order valence-corrected chi connectivity index (χ1v) is 14.1. The van der Waals surface area contributed by atoms with E-state index in [9.17, 15) is 9.59 Å². The molecule has 4 aliphatic carbocycles. The summed E-state index contributed by atoms with van der Waals surface area (Å²) in [5.41, 5.74) is 4.08. The Hall–Kier alpha value is -1.53. The van der Waals surface area contributed by atoms with Crippen LogP contribution in [0.4, 0.5) is 0 Å². The molecular weight excluding hydrogens is 510 g/mol. The number of rotatable bonds is 7. The van der Waals surface area contributed by atoms with Gasteiger partial charge in [0.2, 0.25) is 17.8 Å². The number of hydrogen-bond acceptors (Lipinski definition) is 4. The Morgan fingerprint density at radius 2 is 1.88 bits per heavy atom. The molecule has 4 nitrogen and oxygen atoms in total. The summed E-state index contributed by atoms with van der Waals surface area (Å²) >= 11 is 5.05. The van der Waals surface area contributed by atoms with Gasteiger partial charge in [-0.25, -0.2) is 0 Å². The van der Waals surface area contributed by atoms with Crippen LogP contribution in [0.15, 0.2) is 34.2 Å². The summed E-state index contributed by atoms with van der Waals surface area (Å²) in [4.78, 5) is 27.3. The van der Waals surface area contributed by atoms with Gasteiger partial charge in [-0.05, 0) is 66.9 Å². The summed E-state index contributed by atoms with van der Waals surface area (Å²) in [6.45, 7) is 9.99. The molecule has 1 heterocycles. The van der Waals surface area contributed by atoms with E-state index in [0.29, 0.717) is 42.4 Å². The third-order valence-electron chi connectivity index (χ3n) is 9.18. The van der Waals surface area contributed by atoms with Crippen molar-refractivity contribution in [1.29, 1.82) is 0 Å². The number of aromatic nitrogens is 1. The fraction of sp³-hybridized carbons (Fsp3) is 0.607. The van der Waals surface area contributed by atoms with Gasteiger partial charge in [-0.3, -0.25) is 9.59 Å². The Balaban J connectivity index is 1.20. The van der Waals surface area contributed by atoms with Gasteiger partial charge in [0.25, 0.3) is 0 Å². The molecule has 182 valence electrons. The molecular formula is C28H35BrNO3S+. The van der Waals surface area contributed by atoms with Crippen LogP contribution in [0.1, 0.15) is 73.8 Å². The monoisotopic (exact) mass is 544 g/mol. The molecule has 0 N–H and O–H groups in total. The number of benzene rings is 1. The Morgan fingerprint density at radius 3 is 2.59 bits per heavy atom. The van der Waals surface area contributed by atoms with Crippen molar-refractivity contribution in [3.8, 4) is 0 Å². The number of hydrogen-bond donors (Lipinski definition) is 0. The molecule has 0 radical (unpaired) electrons. The molecule has 1 aromatic heterocycles. The first kappa shape index (κ1) is 24.2. The topological polar surface area (TPSA) is 47.2 Å². The normalized spacial score (nSPS) is 33.8. The Kier molecular flexibility index (Phi) is 6.08. The largest absolute Gasteiger partial charge is 0.465 e. The molecule has 0 unspecified atom stereocenters. The zero-order chi connectivity index (χ0) is 24.3. The molecule has 5 atom stereocenters. The number of ether oxygens (including phenoxy) is 1. The summed E-state index contributed by atoms with van der Waals surface area (Å²) < 4.78 is 8.94. The zero-order valence-corrected chi connectivity index (χ0v) is 23.1. The minimum Gasteiger partial charge on any atom is -0.465 e. The van der Waals surface area contributed by atoms with E-state index in [1.165, 1.54) is 17.7 Å². The number of Topliss-reactive ketones (excluding diaryl/α,β-unsaturated/α-hetero) is 1. The lowest BCUT2D eigenvalue weighted by Crippen LogP contribution is -2.61.